The molecule has 40 valence electrons. The second kappa shape index (κ2) is 5.45. The summed E-state index contributed by atoms with van der Waals surface area (Å²) < 4.78 is 0. The zero-order chi connectivity index (χ0) is 5.54. The molecular weight excluding hydrogens is 88.1 g/mol. The molecule has 0 saturated heterocycles. The van der Waals surface area contributed by atoms with Crippen molar-refractivity contribution in [3.63, 3.8) is 0 Å². The molecule has 0 aromatic heterocycles. The molecule has 1 N–H and O–H groups in total. The molecule has 0 amide bonds. The molecule has 2 nitrogen and oxygen atoms in total. The van der Waals surface area contributed by atoms with Crippen molar-refractivity contribution < 1.29 is 0 Å². The fourth-order valence-corrected chi connectivity index (χ4v) is 0.321. The van der Waals surface area contributed by atoms with E-state index in [0.29, 0.717) is 6.42 Å². The molecule has 0 radical (unpaired) electrons. The SMILES string of the molecule is CCNCCC#N. The quantitative estimate of drug-likeness (QED) is 0.522. The smallest absolute Gasteiger partial charge is 0.0635 e. The highest BCUT2D eigenvalue weighted by Crippen LogP contribution is 1.66. The lowest BCUT2D eigenvalue weighted by atomic mass is 10.5. The molecule has 0 aliphatic carbocycles. The van der Waals surface area contributed by atoms with Gasteiger partial charge in [-0.3, -0.25) is 0 Å². The fourth-order valence-electron chi connectivity index (χ4n) is 0.321. The highest BCUT2D eigenvalue weighted by Gasteiger charge is 1.76. The lowest BCUT2D eigenvalue weighted by Gasteiger charge is -1.90. The van der Waals surface area contributed by atoms with Gasteiger partial charge in [0.25, 0.3) is 0 Å². The number of nitrogens with one attached hydrogen (secondary N) is 1. The highest BCUT2D eigenvalue weighted by atomic mass is 14.8. The molecule has 0 unspecified atom stereocenters. The Bertz CT molecular complexity index is 63.0. The van der Waals surface area contributed by atoms with Crippen LogP contribution in [-0.2, 0) is 0 Å². The largest absolute Gasteiger partial charge is 0.316 e. The van der Waals surface area contributed by atoms with Crippen LogP contribution in [0.2, 0.25) is 0 Å². The summed E-state index contributed by atoms with van der Waals surface area (Å²) in [7, 11) is 0. The maximum atomic E-state index is 8.00. The van der Waals surface area contributed by atoms with E-state index in [4.69, 9.17) is 5.26 Å². The minimum absolute atomic E-state index is 0.619. The number of hydrogen-bond donors (Lipinski definition) is 1. The van der Waals surface area contributed by atoms with Gasteiger partial charge in [-0.05, 0) is 6.54 Å². The van der Waals surface area contributed by atoms with Crippen LogP contribution in [0.15, 0.2) is 0 Å². The first-order valence-corrected chi connectivity index (χ1v) is 2.49. The number of hydrogen-bond acceptors (Lipinski definition) is 2. The van der Waals surface area contributed by atoms with Crippen molar-refractivity contribution in [2.24, 2.45) is 0 Å². The normalized spacial score (nSPS) is 8.00. The molecule has 0 aliphatic heterocycles. The zero-order valence-electron chi connectivity index (χ0n) is 4.57. The maximum Gasteiger partial charge on any atom is 0.0635 e. The van der Waals surface area contributed by atoms with Gasteiger partial charge in [-0.1, -0.05) is 6.92 Å². The Kier molecular flexibility index (Phi) is 5.02. The van der Waals surface area contributed by atoms with Crippen LogP contribution < -0.4 is 5.32 Å². The molecule has 0 aromatic rings. The lowest BCUT2D eigenvalue weighted by molar-refractivity contribution is 0.730. The van der Waals surface area contributed by atoms with Crippen molar-refractivity contribution in [2.75, 3.05) is 13.1 Å². The van der Waals surface area contributed by atoms with Gasteiger partial charge in [0.2, 0.25) is 0 Å². The van der Waals surface area contributed by atoms with E-state index in [1.54, 1.807) is 0 Å². The van der Waals surface area contributed by atoms with Gasteiger partial charge in [-0.15, -0.1) is 0 Å². The maximum absolute atomic E-state index is 8.00. The van der Waals surface area contributed by atoms with Gasteiger partial charge < -0.3 is 5.32 Å². The lowest BCUT2D eigenvalue weighted by Crippen LogP contribution is -2.12. The van der Waals surface area contributed by atoms with Crippen LogP contribution in [0.1, 0.15) is 13.3 Å². The van der Waals surface area contributed by atoms with Crippen LogP contribution in [-0.4, -0.2) is 13.1 Å². The topological polar surface area (TPSA) is 35.8 Å². The van der Waals surface area contributed by atoms with Crippen molar-refractivity contribution >= 4 is 0 Å². The van der Waals surface area contributed by atoms with Gasteiger partial charge in [0, 0.05) is 13.0 Å². The van der Waals surface area contributed by atoms with Crippen molar-refractivity contribution in [1.29, 1.82) is 5.26 Å². The predicted octanol–water partition coefficient (Wildman–Crippen LogP) is 0.510. The monoisotopic (exact) mass is 98.1 g/mol. The standard InChI is InChI=1S/C5H10N2/c1-2-7-5-3-4-6/h7H,2-3,5H2,1H3. The van der Waals surface area contributed by atoms with E-state index < -0.39 is 0 Å². The minimum atomic E-state index is 0.619. The highest BCUT2D eigenvalue weighted by molar-refractivity contribution is 4.69. The van der Waals surface area contributed by atoms with Crippen molar-refractivity contribution in [1.82, 2.24) is 5.32 Å². The number of rotatable bonds is 3. The summed E-state index contributed by atoms with van der Waals surface area (Å²) in [4.78, 5) is 0. The van der Waals surface area contributed by atoms with Gasteiger partial charge in [0.1, 0.15) is 0 Å². The van der Waals surface area contributed by atoms with Crippen LogP contribution in [0.25, 0.3) is 0 Å². The molecule has 0 aliphatic rings. The molecule has 0 aromatic carbocycles. The van der Waals surface area contributed by atoms with Gasteiger partial charge in [-0.25, -0.2) is 0 Å². The van der Waals surface area contributed by atoms with Crippen LogP contribution in [0.5, 0.6) is 0 Å². The zero-order valence-corrected chi connectivity index (χ0v) is 4.57. The van der Waals surface area contributed by atoms with Gasteiger partial charge >= 0.3 is 0 Å². The predicted molar refractivity (Wildman–Crippen MR) is 28.8 cm³/mol. The first-order valence-electron chi connectivity index (χ1n) is 2.49. The van der Waals surface area contributed by atoms with E-state index in [2.05, 4.69) is 5.32 Å². The van der Waals surface area contributed by atoms with E-state index in [-0.39, 0.29) is 0 Å². The van der Waals surface area contributed by atoms with Crippen molar-refractivity contribution in [3.05, 3.63) is 0 Å². The third kappa shape index (κ3) is 5.45. The van der Waals surface area contributed by atoms with Gasteiger partial charge in [-0.2, -0.15) is 5.26 Å². The molecule has 0 saturated carbocycles. The van der Waals surface area contributed by atoms with Gasteiger partial charge in [0.15, 0.2) is 0 Å². The third-order valence-electron chi connectivity index (χ3n) is 0.664. The second-order valence-corrected chi connectivity index (χ2v) is 1.26. The second-order valence-electron chi connectivity index (χ2n) is 1.26. The summed E-state index contributed by atoms with van der Waals surface area (Å²) in [6, 6.07) is 2.04. The molecule has 0 heterocycles. The van der Waals surface area contributed by atoms with E-state index >= 15 is 0 Å². The summed E-state index contributed by atoms with van der Waals surface area (Å²) in [6.45, 7) is 3.81. The van der Waals surface area contributed by atoms with Crippen LogP contribution in [0, 0.1) is 11.3 Å². The molecular formula is C5H10N2. The fraction of sp³-hybridized carbons (Fsp3) is 0.800. The summed E-state index contributed by atoms with van der Waals surface area (Å²) in [6.07, 6.45) is 0.619. The molecule has 0 bridgehead atoms. The summed E-state index contributed by atoms with van der Waals surface area (Å²) in [5.74, 6) is 0. The van der Waals surface area contributed by atoms with Gasteiger partial charge in [0.05, 0.1) is 6.07 Å². The Morgan fingerprint density at radius 3 is 2.86 bits per heavy atom. The Morgan fingerprint density at radius 2 is 2.43 bits per heavy atom. The summed E-state index contributed by atoms with van der Waals surface area (Å²) >= 11 is 0. The Hall–Kier alpha value is -0.550. The molecule has 0 spiro atoms. The van der Waals surface area contributed by atoms with E-state index in [9.17, 15) is 0 Å². The van der Waals surface area contributed by atoms with Crippen molar-refractivity contribution in [2.45, 2.75) is 13.3 Å². The first-order chi connectivity index (χ1) is 3.41. The summed E-state index contributed by atoms with van der Waals surface area (Å²) in [5, 5.41) is 11.0. The molecule has 0 fully saturated rings. The Balaban J connectivity index is 2.60. The molecule has 7 heavy (non-hydrogen) atoms. The van der Waals surface area contributed by atoms with E-state index in [1.165, 1.54) is 0 Å². The average Bonchev–Trinajstić information content (AvgIpc) is 1.69. The van der Waals surface area contributed by atoms with Crippen LogP contribution >= 0.6 is 0 Å². The van der Waals surface area contributed by atoms with Crippen LogP contribution in [0.4, 0.5) is 0 Å². The Morgan fingerprint density at radius 1 is 1.71 bits per heavy atom. The number of nitrogens with zero attached hydrogens (tertiary/aromatic N) is 1. The molecule has 0 atom stereocenters. The third-order valence-corrected chi connectivity index (χ3v) is 0.664. The average molecular weight is 98.1 g/mol. The number of nitriles is 1. The van der Waals surface area contributed by atoms with Crippen LogP contribution in [0.3, 0.4) is 0 Å². The minimum Gasteiger partial charge on any atom is -0.316 e. The Labute approximate surface area is 44.1 Å². The van der Waals surface area contributed by atoms with Crippen molar-refractivity contribution in [3.8, 4) is 6.07 Å². The van der Waals surface area contributed by atoms with E-state index in [1.807, 2.05) is 13.0 Å². The summed E-state index contributed by atoms with van der Waals surface area (Å²) in [5.41, 5.74) is 0. The van der Waals surface area contributed by atoms with E-state index in [0.717, 1.165) is 13.1 Å². The molecule has 0 rings (SSSR count). The first kappa shape index (κ1) is 6.45. The molecule has 2 heteroatoms.